The van der Waals surface area contributed by atoms with E-state index in [0.29, 0.717) is 13.2 Å². The largest absolute Gasteiger partial charge is 0.465 e. The summed E-state index contributed by atoms with van der Waals surface area (Å²) < 4.78 is 4.87. The lowest BCUT2D eigenvalue weighted by molar-refractivity contribution is -0.145. The number of ether oxygens (including phenoxy) is 1. The maximum atomic E-state index is 11.2. The van der Waals surface area contributed by atoms with Crippen LogP contribution in [0.3, 0.4) is 0 Å². The molecule has 0 radical (unpaired) electrons. The standard InChI is InChI=1S/C10H15NO2S/c1-3-13-10(12)8(2)11-6-9-4-5-14-7-9/h4-5,7-8,11H,3,6H2,1-2H3/t8-/m0/s1. The highest BCUT2D eigenvalue weighted by Crippen LogP contribution is 2.05. The lowest BCUT2D eigenvalue weighted by atomic mass is 10.3. The van der Waals surface area contributed by atoms with Gasteiger partial charge >= 0.3 is 5.97 Å². The van der Waals surface area contributed by atoms with Crippen LogP contribution < -0.4 is 5.32 Å². The third-order valence-electron chi connectivity index (χ3n) is 1.83. The number of carbonyl (C=O) groups is 1. The molecule has 3 nitrogen and oxygen atoms in total. The van der Waals surface area contributed by atoms with E-state index in [2.05, 4.69) is 10.7 Å². The Labute approximate surface area is 88.1 Å². The molecule has 4 heteroatoms. The van der Waals surface area contributed by atoms with Gasteiger partial charge in [-0.15, -0.1) is 0 Å². The minimum Gasteiger partial charge on any atom is -0.465 e. The molecule has 0 spiro atoms. The number of hydrogen-bond acceptors (Lipinski definition) is 4. The molecule has 0 aliphatic heterocycles. The number of rotatable bonds is 5. The molecule has 0 unspecified atom stereocenters. The van der Waals surface area contributed by atoms with E-state index in [1.807, 2.05) is 25.3 Å². The topological polar surface area (TPSA) is 38.3 Å². The maximum absolute atomic E-state index is 11.2. The van der Waals surface area contributed by atoms with Gasteiger partial charge in [0.15, 0.2) is 0 Å². The number of esters is 1. The molecular formula is C10H15NO2S. The molecule has 78 valence electrons. The quantitative estimate of drug-likeness (QED) is 0.758. The maximum Gasteiger partial charge on any atom is 0.322 e. The third kappa shape index (κ3) is 3.47. The molecule has 1 aromatic rings. The van der Waals surface area contributed by atoms with E-state index in [1.165, 1.54) is 5.56 Å². The van der Waals surface area contributed by atoms with E-state index in [4.69, 9.17) is 4.74 Å². The zero-order chi connectivity index (χ0) is 10.4. The summed E-state index contributed by atoms with van der Waals surface area (Å²) in [5.41, 5.74) is 1.20. The fraction of sp³-hybridized carbons (Fsp3) is 0.500. The Bertz CT molecular complexity index is 272. The zero-order valence-corrected chi connectivity index (χ0v) is 9.26. The van der Waals surface area contributed by atoms with Gasteiger partial charge in [-0.25, -0.2) is 0 Å². The van der Waals surface area contributed by atoms with Gasteiger partial charge in [0.25, 0.3) is 0 Å². The zero-order valence-electron chi connectivity index (χ0n) is 8.45. The molecule has 0 saturated heterocycles. The Balaban J connectivity index is 2.27. The molecule has 0 aromatic carbocycles. The molecular weight excluding hydrogens is 198 g/mol. The fourth-order valence-corrected chi connectivity index (χ4v) is 1.68. The molecule has 1 atom stereocenters. The first kappa shape index (κ1) is 11.2. The highest BCUT2D eigenvalue weighted by Gasteiger charge is 2.12. The van der Waals surface area contributed by atoms with E-state index in [1.54, 1.807) is 11.3 Å². The van der Waals surface area contributed by atoms with Crippen molar-refractivity contribution in [3.05, 3.63) is 22.4 Å². The van der Waals surface area contributed by atoms with Crippen molar-refractivity contribution in [3.63, 3.8) is 0 Å². The van der Waals surface area contributed by atoms with E-state index >= 15 is 0 Å². The Hall–Kier alpha value is -0.870. The highest BCUT2D eigenvalue weighted by atomic mass is 32.1. The van der Waals surface area contributed by atoms with Crippen LogP contribution in [0, 0.1) is 0 Å². The normalized spacial score (nSPS) is 12.4. The number of thiophene rings is 1. The molecule has 0 amide bonds. The Kier molecular flexibility index (Phi) is 4.62. The molecule has 1 aromatic heterocycles. The van der Waals surface area contributed by atoms with Crippen LogP contribution in [-0.4, -0.2) is 18.6 Å². The average Bonchev–Trinajstić information content (AvgIpc) is 2.67. The van der Waals surface area contributed by atoms with Crippen molar-refractivity contribution in [1.29, 1.82) is 0 Å². The minimum atomic E-state index is -0.241. The Morgan fingerprint density at radius 1 is 1.71 bits per heavy atom. The van der Waals surface area contributed by atoms with E-state index < -0.39 is 0 Å². The summed E-state index contributed by atoms with van der Waals surface area (Å²) in [6, 6.07) is 1.80. The number of carbonyl (C=O) groups excluding carboxylic acids is 1. The second-order valence-corrected chi connectivity index (χ2v) is 3.77. The van der Waals surface area contributed by atoms with Crippen LogP contribution in [0.15, 0.2) is 16.8 Å². The van der Waals surface area contributed by atoms with E-state index in [0.717, 1.165) is 0 Å². The molecule has 1 N–H and O–H groups in total. The molecule has 0 bridgehead atoms. The first-order chi connectivity index (χ1) is 6.74. The van der Waals surface area contributed by atoms with Crippen LogP contribution in [0.4, 0.5) is 0 Å². The molecule has 0 aliphatic carbocycles. The molecule has 1 heterocycles. The van der Waals surface area contributed by atoms with Gasteiger partial charge in [-0.1, -0.05) is 0 Å². The van der Waals surface area contributed by atoms with Crippen LogP contribution in [0.2, 0.25) is 0 Å². The van der Waals surface area contributed by atoms with Crippen molar-refractivity contribution in [2.24, 2.45) is 0 Å². The van der Waals surface area contributed by atoms with Crippen LogP contribution in [0.25, 0.3) is 0 Å². The first-order valence-corrected chi connectivity index (χ1v) is 5.59. The van der Waals surface area contributed by atoms with Gasteiger partial charge in [0.1, 0.15) is 6.04 Å². The second-order valence-electron chi connectivity index (χ2n) is 2.99. The lowest BCUT2D eigenvalue weighted by Gasteiger charge is -2.11. The van der Waals surface area contributed by atoms with Crippen LogP contribution >= 0.6 is 11.3 Å². The highest BCUT2D eigenvalue weighted by molar-refractivity contribution is 7.07. The molecule has 0 fully saturated rings. The van der Waals surface area contributed by atoms with Gasteiger partial charge in [-0.3, -0.25) is 4.79 Å². The Morgan fingerprint density at radius 3 is 3.07 bits per heavy atom. The van der Waals surface area contributed by atoms with Crippen molar-refractivity contribution in [1.82, 2.24) is 5.32 Å². The summed E-state index contributed by atoms with van der Waals surface area (Å²) in [6.45, 7) is 4.76. The van der Waals surface area contributed by atoms with Crippen LogP contribution in [0.1, 0.15) is 19.4 Å². The van der Waals surface area contributed by atoms with E-state index in [-0.39, 0.29) is 12.0 Å². The molecule has 1 rings (SSSR count). The lowest BCUT2D eigenvalue weighted by Crippen LogP contribution is -2.34. The minimum absolute atomic E-state index is 0.192. The monoisotopic (exact) mass is 213 g/mol. The second kappa shape index (κ2) is 5.78. The van der Waals surface area contributed by atoms with Gasteiger partial charge in [-0.05, 0) is 36.2 Å². The van der Waals surface area contributed by atoms with Gasteiger partial charge in [0.2, 0.25) is 0 Å². The summed E-state index contributed by atoms with van der Waals surface area (Å²) in [7, 11) is 0. The molecule has 14 heavy (non-hydrogen) atoms. The first-order valence-electron chi connectivity index (χ1n) is 4.65. The van der Waals surface area contributed by atoms with Crippen molar-refractivity contribution in [3.8, 4) is 0 Å². The van der Waals surface area contributed by atoms with Crippen molar-refractivity contribution in [2.45, 2.75) is 26.4 Å². The van der Waals surface area contributed by atoms with E-state index in [9.17, 15) is 4.79 Å². The average molecular weight is 213 g/mol. The smallest absolute Gasteiger partial charge is 0.322 e. The van der Waals surface area contributed by atoms with Gasteiger partial charge in [0.05, 0.1) is 6.61 Å². The number of hydrogen-bond donors (Lipinski definition) is 1. The summed E-state index contributed by atoms with van der Waals surface area (Å²) in [4.78, 5) is 11.2. The third-order valence-corrected chi connectivity index (χ3v) is 2.56. The van der Waals surface area contributed by atoms with Crippen molar-refractivity contribution in [2.75, 3.05) is 6.61 Å². The summed E-state index contributed by atoms with van der Waals surface area (Å²) in [6.07, 6.45) is 0. The summed E-state index contributed by atoms with van der Waals surface area (Å²) in [5.74, 6) is -0.192. The summed E-state index contributed by atoms with van der Waals surface area (Å²) in [5, 5.41) is 7.18. The molecule has 0 saturated carbocycles. The van der Waals surface area contributed by atoms with Crippen molar-refractivity contribution >= 4 is 17.3 Å². The van der Waals surface area contributed by atoms with Gasteiger partial charge < -0.3 is 10.1 Å². The summed E-state index contributed by atoms with van der Waals surface area (Å²) >= 11 is 1.65. The van der Waals surface area contributed by atoms with Crippen molar-refractivity contribution < 1.29 is 9.53 Å². The van der Waals surface area contributed by atoms with Gasteiger partial charge in [0, 0.05) is 6.54 Å². The predicted octanol–water partition coefficient (Wildman–Crippen LogP) is 1.79. The van der Waals surface area contributed by atoms with Gasteiger partial charge in [-0.2, -0.15) is 11.3 Å². The fourth-order valence-electron chi connectivity index (χ4n) is 1.01. The SMILES string of the molecule is CCOC(=O)[C@H](C)NCc1ccsc1. The Morgan fingerprint density at radius 2 is 2.50 bits per heavy atom. The molecule has 0 aliphatic rings. The number of nitrogens with one attached hydrogen (secondary N) is 1. The predicted molar refractivity (Wildman–Crippen MR) is 57.3 cm³/mol. The van der Waals surface area contributed by atoms with Crippen LogP contribution in [0.5, 0.6) is 0 Å². The van der Waals surface area contributed by atoms with Crippen LogP contribution in [-0.2, 0) is 16.1 Å².